The average molecular weight is 246 g/mol. The third kappa shape index (κ3) is 3.05. The second kappa shape index (κ2) is 5.80. The van der Waals surface area contributed by atoms with E-state index < -0.39 is 43.1 Å². The normalized spacial score (nSPS) is 33.9. The van der Waals surface area contributed by atoms with E-state index >= 15 is 0 Å². The molecule has 5 atom stereocenters. The highest BCUT2D eigenvalue weighted by atomic mass is 16.6. The van der Waals surface area contributed by atoms with Gasteiger partial charge in [0.05, 0.1) is 18.8 Å². The maximum atomic E-state index is 10.8. The quantitative estimate of drug-likeness (QED) is 0.263. The van der Waals surface area contributed by atoms with Crippen molar-refractivity contribution in [3.05, 3.63) is 10.4 Å². The van der Waals surface area contributed by atoms with Crippen LogP contribution in [0.3, 0.4) is 0 Å². The summed E-state index contributed by atoms with van der Waals surface area (Å²) in [5.41, 5.74) is 8.27. The Morgan fingerprint density at radius 2 is 2.29 bits per heavy atom. The zero-order valence-electron chi connectivity index (χ0n) is 9.09. The number of hydrogen-bond donors (Lipinski definition) is 4. The largest absolute Gasteiger partial charge is 0.396 e. The Labute approximate surface area is 96.6 Å². The van der Waals surface area contributed by atoms with E-state index in [9.17, 15) is 15.0 Å². The molecule has 1 heterocycles. The molecule has 0 radical (unpaired) electrons. The Balaban J connectivity index is 2.78. The van der Waals surface area contributed by atoms with Crippen molar-refractivity contribution < 1.29 is 24.9 Å². The highest BCUT2D eigenvalue weighted by Gasteiger charge is 2.46. The minimum absolute atomic E-state index is 0.443. The van der Waals surface area contributed by atoms with Crippen molar-refractivity contribution in [1.82, 2.24) is 5.32 Å². The Morgan fingerprint density at radius 1 is 1.65 bits per heavy atom. The molecule has 1 amide bonds. The summed E-state index contributed by atoms with van der Waals surface area (Å²) in [5.74, 6) is -0.443. The maximum absolute atomic E-state index is 10.8. The van der Waals surface area contributed by atoms with Crippen molar-refractivity contribution in [1.29, 1.82) is 0 Å². The van der Waals surface area contributed by atoms with Gasteiger partial charge in [0.15, 0.2) is 6.29 Å². The number of nitrogens with zero attached hydrogens (tertiary/aromatic N) is 3. The summed E-state index contributed by atoms with van der Waals surface area (Å²) in [4.78, 5) is 13.3. The number of hydrogen-bond acceptors (Lipinski definition) is 6. The van der Waals surface area contributed by atoms with E-state index in [1.165, 1.54) is 6.92 Å². The van der Waals surface area contributed by atoms with Gasteiger partial charge in [-0.2, -0.15) is 0 Å². The molecule has 0 saturated carbocycles. The lowest BCUT2D eigenvalue weighted by Crippen LogP contribution is -2.48. The van der Waals surface area contributed by atoms with Gasteiger partial charge in [0, 0.05) is 11.8 Å². The predicted octanol–water partition coefficient (Wildman–Crippen LogP) is -1.76. The molecule has 1 aliphatic heterocycles. The summed E-state index contributed by atoms with van der Waals surface area (Å²) in [6.45, 7) is 0.690. The van der Waals surface area contributed by atoms with Gasteiger partial charge in [-0.1, -0.05) is 5.11 Å². The van der Waals surface area contributed by atoms with E-state index in [1.54, 1.807) is 0 Å². The van der Waals surface area contributed by atoms with Crippen molar-refractivity contribution in [2.45, 2.75) is 37.5 Å². The van der Waals surface area contributed by atoms with Gasteiger partial charge in [0.2, 0.25) is 5.91 Å². The van der Waals surface area contributed by atoms with Crippen molar-refractivity contribution in [2.75, 3.05) is 6.61 Å². The van der Waals surface area contributed by atoms with Crippen LogP contribution in [-0.2, 0) is 9.53 Å². The average Bonchev–Trinajstić information content (AvgIpc) is 2.53. The van der Waals surface area contributed by atoms with E-state index in [1.807, 2.05) is 0 Å². The van der Waals surface area contributed by atoms with Crippen LogP contribution in [0.25, 0.3) is 10.4 Å². The van der Waals surface area contributed by atoms with Gasteiger partial charge in [0.1, 0.15) is 12.1 Å². The number of aliphatic hydroxyl groups is 3. The van der Waals surface area contributed by atoms with Crippen LogP contribution in [-0.4, -0.2) is 58.4 Å². The van der Waals surface area contributed by atoms with Crippen molar-refractivity contribution in [3.63, 3.8) is 0 Å². The third-order valence-corrected chi connectivity index (χ3v) is 2.44. The van der Waals surface area contributed by atoms with E-state index in [2.05, 4.69) is 15.3 Å². The van der Waals surface area contributed by atoms with Gasteiger partial charge in [0.25, 0.3) is 0 Å². The summed E-state index contributed by atoms with van der Waals surface area (Å²) in [6.07, 6.45) is -3.75. The lowest BCUT2D eigenvalue weighted by molar-refractivity contribution is -0.126. The first kappa shape index (κ1) is 13.7. The number of nitrogens with one attached hydrogen (secondary N) is 1. The molecule has 1 fully saturated rings. The molecule has 0 aromatic rings. The summed E-state index contributed by atoms with van der Waals surface area (Å²) >= 11 is 0. The molecule has 1 saturated heterocycles. The minimum Gasteiger partial charge on any atom is -0.396 e. The number of carbonyl (C=O) groups is 1. The molecule has 9 heteroatoms. The lowest BCUT2D eigenvalue weighted by atomic mass is 10.0. The van der Waals surface area contributed by atoms with Gasteiger partial charge in [-0.15, -0.1) is 0 Å². The van der Waals surface area contributed by atoms with E-state index in [0.717, 1.165) is 0 Å². The molecule has 0 spiro atoms. The maximum Gasteiger partial charge on any atom is 0.217 e. The Hall–Kier alpha value is -1.38. The van der Waals surface area contributed by atoms with Crippen LogP contribution >= 0.6 is 0 Å². The lowest BCUT2D eigenvalue weighted by Gasteiger charge is -2.20. The zero-order valence-corrected chi connectivity index (χ0v) is 9.09. The molecule has 9 nitrogen and oxygen atoms in total. The van der Waals surface area contributed by atoms with Crippen LogP contribution in [0.2, 0.25) is 0 Å². The molecule has 0 aromatic carbocycles. The number of azide groups is 1. The van der Waals surface area contributed by atoms with Crippen LogP contribution in [0.5, 0.6) is 0 Å². The Bertz CT molecular complexity index is 332. The van der Waals surface area contributed by atoms with Gasteiger partial charge in [-0.05, 0) is 5.53 Å². The van der Waals surface area contributed by atoms with Crippen LogP contribution in [0, 0.1) is 0 Å². The zero-order chi connectivity index (χ0) is 13.0. The second-order valence-electron chi connectivity index (χ2n) is 3.66. The number of ether oxygens (including phenoxy) is 1. The first-order chi connectivity index (χ1) is 8.01. The van der Waals surface area contributed by atoms with Crippen LogP contribution in [0.15, 0.2) is 5.11 Å². The van der Waals surface area contributed by atoms with E-state index in [0.29, 0.717) is 0 Å². The van der Waals surface area contributed by atoms with Crippen molar-refractivity contribution >= 4 is 5.91 Å². The smallest absolute Gasteiger partial charge is 0.217 e. The SMILES string of the molecule is CC(=O)N[C@@H]1C(O)[C@@H](C(CO)N=[N+]=[N-])O[C@@H]1O. The van der Waals surface area contributed by atoms with Crippen molar-refractivity contribution in [3.8, 4) is 0 Å². The van der Waals surface area contributed by atoms with Crippen LogP contribution in [0.1, 0.15) is 6.92 Å². The highest BCUT2D eigenvalue weighted by Crippen LogP contribution is 2.23. The molecule has 17 heavy (non-hydrogen) atoms. The monoisotopic (exact) mass is 246 g/mol. The van der Waals surface area contributed by atoms with Crippen LogP contribution < -0.4 is 5.32 Å². The first-order valence-corrected chi connectivity index (χ1v) is 4.95. The fraction of sp³-hybridized carbons (Fsp3) is 0.875. The number of rotatable bonds is 4. The molecular formula is C8H14N4O5. The Morgan fingerprint density at radius 3 is 2.76 bits per heavy atom. The molecule has 96 valence electrons. The topological polar surface area (TPSA) is 148 Å². The molecule has 1 rings (SSSR count). The van der Waals surface area contributed by atoms with Gasteiger partial charge in [-0.3, -0.25) is 4.79 Å². The summed E-state index contributed by atoms with van der Waals surface area (Å²) in [5, 5.41) is 33.8. The number of aliphatic hydroxyl groups excluding tert-OH is 3. The molecule has 0 aliphatic carbocycles. The van der Waals surface area contributed by atoms with Gasteiger partial charge in [-0.25, -0.2) is 0 Å². The fourth-order valence-electron chi connectivity index (χ4n) is 1.68. The minimum atomic E-state index is -1.41. The van der Waals surface area contributed by atoms with Gasteiger partial charge < -0.3 is 25.4 Å². The number of amides is 1. The third-order valence-electron chi connectivity index (χ3n) is 2.44. The first-order valence-electron chi connectivity index (χ1n) is 4.95. The number of carbonyl (C=O) groups excluding carboxylic acids is 1. The van der Waals surface area contributed by atoms with E-state index in [4.69, 9.17) is 15.4 Å². The Kier molecular flexibility index (Phi) is 4.67. The molecule has 0 bridgehead atoms. The summed E-state index contributed by atoms with van der Waals surface area (Å²) in [7, 11) is 0. The summed E-state index contributed by atoms with van der Waals surface area (Å²) < 4.78 is 4.96. The van der Waals surface area contributed by atoms with E-state index in [-0.39, 0.29) is 0 Å². The second-order valence-corrected chi connectivity index (χ2v) is 3.66. The van der Waals surface area contributed by atoms with Crippen molar-refractivity contribution in [2.24, 2.45) is 5.11 Å². The molecule has 0 aromatic heterocycles. The van der Waals surface area contributed by atoms with Gasteiger partial charge >= 0.3 is 0 Å². The summed E-state index contributed by atoms with van der Waals surface area (Å²) in [6, 6.07) is -2.04. The fourth-order valence-corrected chi connectivity index (χ4v) is 1.68. The highest BCUT2D eigenvalue weighted by molar-refractivity contribution is 5.73. The molecule has 4 N–H and O–H groups in total. The molecular weight excluding hydrogens is 232 g/mol. The molecule has 1 aliphatic rings. The van der Waals surface area contributed by atoms with Crippen LogP contribution in [0.4, 0.5) is 0 Å². The standard InChI is InChI=1S/C8H14N4O5/c1-3(14)10-5-6(15)7(17-8(5)16)4(2-13)11-12-9/h4-8,13,15-16H,2H2,1H3,(H,10,14)/t4?,5-,6?,7-,8+/m1/s1. The predicted molar refractivity (Wildman–Crippen MR) is 54.5 cm³/mol. The molecule has 2 unspecified atom stereocenters.